The summed E-state index contributed by atoms with van der Waals surface area (Å²) in [6.07, 6.45) is 0.591. The highest BCUT2D eigenvalue weighted by Crippen LogP contribution is 2.36. The molecule has 0 bridgehead atoms. The molecule has 5 rings (SSSR count). The highest BCUT2D eigenvalue weighted by molar-refractivity contribution is 5.88. The number of alkyl halides is 3. The van der Waals surface area contributed by atoms with Crippen LogP contribution in [0.25, 0.3) is 11.0 Å². The molecule has 1 fully saturated rings. The summed E-state index contributed by atoms with van der Waals surface area (Å²) in [4.78, 5) is 17.4. The monoisotopic (exact) mass is 429 g/mol. The van der Waals surface area contributed by atoms with Crippen molar-refractivity contribution in [3.05, 3.63) is 53.5 Å². The van der Waals surface area contributed by atoms with Crippen LogP contribution in [0.5, 0.6) is 0 Å². The molecule has 3 heterocycles. The highest BCUT2D eigenvalue weighted by Gasteiger charge is 2.34. The summed E-state index contributed by atoms with van der Waals surface area (Å²) in [5.41, 5.74) is 1.78. The van der Waals surface area contributed by atoms with Crippen molar-refractivity contribution in [2.75, 3.05) is 26.3 Å². The normalized spacial score (nSPS) is 22.8. The van der Waals surface area contributed by atoms with Crippen LogP contribution in [0.1, 0.15) is 29.2 Å². The molecule has 0 saturated carbocycles. The Morgan fingerprint density at radius 1 is 1.16 bits per heavy atom. The summed E-state index contributed by atoms with van der Waals surface area (Å²) < 4.78 is 44.9. The Kier molecular flexibility index (Phi) is 5.23. The van der Waals surface area contributed by atoms with Crippen LogP contribution in [0.2, 0.25) is 0 Å². The second-order valence-electron chi connectivity index (χ2n) is 7.90. The zero-order valence-corrected chi connectivity index (χ0v) is 16.8. The first-order chi connectivity index (χ1) is 15.0. The predicted molar refractivity (Wildman–Crippen MR) is 111 cm³/mol. The van der Waals surface area contributed by atoms with E-state index in [1.54, 1.807) is 0 Å². The number of aliphatic imine (C=N–C) groups is 1. The Morgan fingerprint density at radius 3 is 2.77 bits per heavy atom. The lowest BCUT2D eigenvalue weighted by molar-refractivity contribution is -0.140. The quantitative estimate of drug-likeness (QED) is 0.637. The van der Waals surface area contributed by atoms with E-state index in [1.807, 2.05) is 18.3 Å². The van der Waals surface area contributed by atoms with Crippen LogP contribution in [0.4, 0.5) is 19.0 Å². The van der Waals surface area contributed by atoms with E-state index >= 15 is 0 Å². The third-order valence-corrected chi connectivity index (χ3v) is 6.12. The molecule has 0 amide bonds. The molecule has 2 atom stereocenters. The van der Waals surface area contributed by atoms with Crippen molar-refractivity contribution < 1.29 is 17.9 Å². The van der Waals surface area contributed by atoms with Gasteiger partial charge in [-0.1, -0.05) is 24.3 Å². The zero-order chi connectivity index (χ0) is 21.4. The standard InChI is InChI=1S/C22H22F3N5O/c23-22(24,25)19-11-16-20(27-13-28-21(16)29-19)26-12-17-15-4-2-1-3-14(15)5-6-18(17)30-7-9-31-10-8-30/h1-4,11-13,17-18H,5-10H2,(H,27,28,29)/b26-12+/t17?,18-/m0/s1. The number of H-pyrrole nitrogens is 1. The van der Waals surface area contributed by atoms with E-state index in [2.05, 4.69) is 37.0 Å². The third kappa shape index (κ3) is 3.95. The molecule has 6 nitrogen and oxygen atoms in total. The first-order valence-corrected chi connectivity index (χ1v) is 10.4. The van der Waals surface area contributed by atoms with Crippen LogP contribution in [0, 0.1) is 0 Å². The van der Waals surface area contributed by atoms with Crippen LogP contribution in [-0.2, 0) is 17.3 Å². The van der Waals surface area contributed by atoms with Gasteiger partial charge in [0.05, 0.1) is 18.6 Å². The number of nitrogens with zero attached hydrogens (tertiary/aromatic N) is 4. The first-order valence-electron chi connectivity index (χ1n) is 10.4. The van der Waals surface area contributed by atoms with Gasteiger partial charge in [0.2, 0.25) is 0 Å². The van der Waals surface area contributed by atoms with Gasteiger partial charge >= 0.3 is 6.18 Å². The van der Waals surface area contributed by atoms with Crippen LogP contribution in [0.15, 0.2) is 41.7 Å². The molecule has 1 N–H and O–H groups in total. The van der Waals surface area contributed by atoms with Gasteiger partial charge in [0.15, 0.2) is 5.82 Å². The molecular formula is C22H22F3N5O. The van der Waals surface area contributed by atoms with E-state index in [-0.39, 0.29) is 28.8 Å². The summed E-state index contributed by atoms with van der Waals surface area (Å²) in [5, 5.41) is 0.262. The average Bonchev–Trinajstić information content (AvgIpc) is 3.24. The number of benzene rings is 1. The number of aromatic nitrogens is 3. The number of morpholine rings is 1. The minimum Gasteiger partial charge on any atom is -0.379 e. The van der Waals surface area contributed by atoms with Crippen molar-refractivity contribution in [2.24, 2.45) is 4.99 Å². The Bertz CT molecular complexity index is 1100. The maximum Gasteiger partial charge on any atom is 0.431 e. The molecule has 2 aromatic heterocycles. The maximum atomic E-state index is 13.1. The largest absolute Gasteiger partial charge is 0.431 e. The molecule has 3 aromatic rings. The Hall–Kier alpha value is -2.78. The van der Waals surface area contributed by atoms with Crippen molar-refractivity contribution in [1.82, 2.24) is 19.9 Å². The number of nitrogens with one attached hydrogen (secondary N) is 1. The van der Waals surface area contributed by atoms with Gasteiger partial charge in [0.1, 0.15) is 17.7 Å². The Morgan fingerprint density at radius 2 is 1.97 bits per heavy atom. The molecule has 1 aromatic carbocycles. The lowest BCUT2D eigenvalue weighted by Crippen LogP contribution is -2.48. The smallest absolute Gasteiger partial charge is 0.379 e. The summed E-state index contributed by atoms with van der Waals surface area (Å²) in [6, 6.07) is 9.59. The van der Waals surface area contributed by atoms with Crippen LogP contribution in [0.3, 0.4) is 0 Å². The van der Waals surface area contributed by atoms with Crippen molar-refractivity contribution in [3.8, 4) is 0 Å². The number of aryl methyl sites for hydroxylation is 1. The minimum atomic E-state index is -4.48. The number of halogens is 3. The molecule has 1 saturated heterocycles. The molecule has 0 radical (unpaired) electrons. The lowest BCUT2D eigenvalue weighted by Gasteiger charge is -2.41. The Labute approximate surface area is 177 Å². The van der Waals surface area contributed by atoms with E-state index in [9.17, 15) is 13.2 Å². The minimum absolute atomic E-state index is 0.0223. The first kappa shape index (κ1) is 20.1. The SMILES string of the molecule is FC(F)(F)c1cc2c(/N=C/C3c4ccccc4CC[C@@H]3N3CCOCC3)ncnc2[nH]1. The Balaban J connectivity index is 1.52. The predicted octanol–water partition coefficient (Wildman–Crippen LogP) is 4.11. The second-order valence-corrected chi connectivity index (χ2v) is 7.90. The maximum absolute atomic E-state index is 13.1. The van der Waals surface area contributed by atoms with E-state index in [0.717, 1.165) is 32.0 Å². The summed E-state index contributed by atoms with van der Waals surface area (Å²) >= 11 is 0. The lowest BCUT2D eigenvalue weighted by atomic mass is 9.79. The number of rotatable bonds is 3. The molecule has 0 spiro atoms. The topological polar surface area (TPSA) is 66.4 Å². The highest BCUT2D eigenvalue weighted by atomic mass is 19.4. The van der Waals surface area contributed by atoms with Crippen LogP contribution < -0.4 is 0 Å². The van der Waals surface area contributed by atoms with Gasteiger partial charge in [-0.3, -0.25) is 4.90 Å². The van der Waals surface area contributed by atoms with Crippen molar-refractivity contribution in [1.29, 1.82) is 0 Å². The van der Waals surface area contributed by atoms with E-state index in [0.29, 0.717) is 13.2 Å². The summed E-state index contributed by atoms with van der Waals surface area (Å²) in [7, 11) is 0. The van der Waals surface area contributed by atoms with Crippen molar-refractivity contribution in [2.45, 2.75) is 31.0 Å². The fraction of sp³-hybridized carbons (Fsp3) is 0.409. The number of hydrogen-bond acceptors (Lipinski definition) is 5. The van der Waals surface area contributed by atoms with Gasteiger partial charge in [-0.05, 0) is 30.0 Å². The van der Waals surface area contributed by atoms with E-state index in [4.69, 9.17) is 4.74 Å². The van der Waals surface area contributed by atoms with Gasteiger partial charge < -0.3 is 9.72 Å². The van der Waals surface area contributed by atoms with Crippen molar-refractivity contribution >= 4 is 23.1 Å². The molecule has 1 aliphatic carbocycles. The fourth-order valence-electron chi connectivity index (χ4n) is 4.61. The van der Waals surface area contributed by atoms with E-state index < -0.39 is 11.9 Å². The number of aromatic amines is 1. The van der Waals surface area contributed by atoms with E-state index in [1.165, 1.54) is 17.5 Å². The fourth-order valence-corrected chi connectivity index (χ4v) is 4.61. The molecule has 162 valence electrons. The zero-order valence-electron chi connectivity index (χ0n) is 16.8. The molecule has 31 heavy (non-hydrogen) atoms. The van der Waals surface area contributed by atoms with Gasteiger partial charge in [-0.15, -0.1) is 0 Å². The molecule has 1 aliphatic heterocycles. The van der Waals surface area contributed by atoms with Gasteiger partial charge in [-0.2, -0.15) is 13.2 Å². The number of fused-ring (bicyclic) bond motifs is 2. The van der Waals surface area contributed by atoms with Gasteiger partial charge in [0, 0.05) is 31.3 Å². The summed E-state index contributed by atoms with van der Waals surface area (Å²) in [6.45, 7) is 3.14. The van der Waals surface area contributed by atoms with Crippen LogP contribution in [-0.4, -0.2) is 58.4 Å². The number of ether oxygens (including phenoxy) is 1. The third-order valence-electron chi connectivity index (χ3n) is 6.12. The van der Waals surface area contributed by atoms with Crippen LogP contribution >= 0.6 is 0 Å². The molecular weight excluding hydrogens is 407 g/mol. The average molecular weight is 429 g/mol. The molecule has 2 aliphatic rings. The van der Waals surface area contributed by atoms with Gasteiger partial charge in [-0.25, -0.2) is 15.0 Å². The number of hydrogen-bond donors (Lipinski definition) is 1. The second kappa shape index (κ2) is 8.05. The van der Waals surface area contributed by atoms with Gasteiger partial charge in [0.25, 0.3) is 0 Å². The van der Waals surface area contributed by atoms with Crippen molar-refractivity contribution in [3.63, 3.8) is 0 Å². The molecule has 1 unspecified atom stereocenters. The summed E-state index contributed by atoms with van der Waals surface area (Å²) in [5.74, 6) is 0.259. The molecule has 9 heteroatoms.